The van der Waals surface area contributed by atoms with Crippen molar-refractivity contribution in [3.8, 4) is 10.6 Å². The molecule has 0 saturated heterocycles. The van der Waals surface area contributed by atoms with Gasteiger partial charge < -0.3 is 0 Å². The number of sulfonamides is 1. The van der Waals surface area contributed by atoms with Gasteiger partial charge in [-0.15, -0.1) is 11.3 Å². The van der Waals surface area contributed by atoms with E-state index in [9.17, 15) is 17.2 Å². The molecule has 1 N–H and O–H groups in total. The van der Waals surface area contributed by atoms with E-state index in [0.29, 0.717) is 12.1 Å². The van der Waals surface area contributed by atoms with E-state index in [1.807, 2.05) is 5.38 Å². The zero-order valence-electron chi connectivity index (χ0n) is 12.9. The zero-order chi connectivity index (χ0) is 17.9. The summed E-state index contributed by atoms with van der Waals surface area (Å²) in [7, 11) is -3.90. The maximum atomic E-state index is 13.6. The fourth-order valence-electron chi connectivity index (χ4n) is 2.20. The molecule has 8 heteroatoms. The first-order chi connectivity index (χ1) is 12.0. The van der Waals surface area contributed by atoms with E-state index in [1.165, 1.54) is 41.7 Å². The molecule has 1 heterocycles. The van der Waals surface area contributed by atoms with Gasteiger partial charge in [0.2, 0.25) is 10.0 Å². The summed E-state index contributed by atoms with van der Waals surface area (Å²) in [5.41, 5.74) is 1.50. The number of thiazole rings is 1. The maximum absolute atomic E-state index is 13.6. The minimum Gasteiger partial charge on any atom is -0.241 e. The topological polar surface area (TPSA) is 59.1 Å². The smallest absolute Gasteiger partial charge is 0.241 e. The van der Waals surface area contributed by atoms with Crippen LogP contribution in [-0.4, -0.2) is 19.9 Å². The summed E-state index contributed by atoms with van der Waals surface area (Å²) in [6, 6.07) is 11.2. The lowest BCUT2D eigenvalue weighted by atomic mass is 10.2. The Morgan fingerprint density at radius 1 is 1.04 bits per heavy atom. The fourth-order valence-corrected chi connectivity index (χ4v) is 4.17. The molecule has 3 aromatic rings. The van der Waals surface area contributed by atoms with Crippen LogP contribution < -0.4 is 4.72 Å². The lowest BCUT2D eigenvalue weighted by molar-refractivity contribution is 0.557. The van der Waals surface area contributed by atoms with E-state index in [-0.39, 0.29) is 17.3 Å². The SMILES string of the molecule is O=S(=O)(NCCc1csc(-c2ccc(F)cc2)n1)c1ccccc1F. The summed E-state index contributed by atoms with van der Waals surface area (Å²) in [5, 5.41) is 2.54. The molecule has 0 radical (unpaired) electrons. The van der Waals surface area contributed by atoms with Crippen molar-refractivity contribution in [2.24, 2.45) is 0 Å². The van der Waals surface area contributed by atoms with Gasteiger partial charge in [-0.3, -0.25) is 0 Å². The molecule has 0 aliphatic carbocycles. The normalized spacial score (nSPS) is 11.6. The molecule has 0 saturated carbocycles. The Morgan fingerprint density at radius 3 is 2.48 bits per heavy atom. The van der Waals surface area contributed by atoms with Crippen LogP contribution in [0.1, 0.15) is 5.69 Å². The number of aromatic nitrogens is 1. The van der Waals surface area contributed by atoms with Crippen LogP contribution in [0.4, 0.5) is 8.78 Å². The second kappa shape index (κ2) is 7.38. The van der Waals surface area contributed by atoms with Crippen molar-refractivity contribution in [1.29, 1.82) is 0 Å². The number of benzene rings is 2. The van der Waals surface area contributed by atoms with Gasteiger partial charge in [-0.05, 0) is 36.4 Å². The number of nitrogens with one attached hydrogen (secondary N) is 1. The number of halogens is 2. The summed E-state index contributed by atoms with van der Waals surface area (Å²) in [6.07, 6.45) is 0.366. The monoisotopic (exact) mass is 380 g/mol. The molecule has 0 spiro atoms. The molecule has 0 aliphatic heterocycles. The molecule has 0 aliphatic rings. The van der Waals surface area contributed by atoms with Crippen LogP contribution in [0.3, 0.4) is 0 Å². The molecule has 1 aromatic heterocycles. The molecule has 2 aromatic carbocycles. The van der Waals surface area contributed by atoms with Gasteiger partial charge >= 0.3 is 0 Å². The molecule has 0 amide bonds. The first-order valence-corrected chi connectivity index (χ1v) is 9.76. The highest BCUT2D eigenvalue weighted by molar-refractivity contribution is 7.89. The van der Waals surface area contributed by atoms with Gasteiger partial charge in [0, 0.05) is 23.9 Å². The molecule has 130 valence electrons. The molecular weight excluding hydrogens is 366 g/mol. The predicted octanol–water partition coefficient (Wildman–Crippen LogP) is 3.61. The average Bonchev–Trinajstić information content (AvgIpc) is 3.04. The standard InChI is InChI=1S/C17H14F2N2O2S2/c18-13-7-5-12(6-8-13)17-21-14(11-24-17)9-10-20-25(22,23)16-4-2-1-3-15(16)19/h1-8,11,20H,9-10H2. The third-order valence-electron chi connectivity index (χ3n) is 3.44. The minimum atomic E-state index is -3.90. The summed E-state index contributed by atoms with van der Waals surface area (Å²) in [6.45, 7) is 0.100. The first kappa shape index (κ1) is 17.7. The highest BCUT2D eigenvalue weighted by Crippen LogP contribution is 2.24. The number of hydrogen-bond donors (Lipinski definition) is 1. The summed E-state index contributed by atoms with van der Waals surface area (Å²) < 4.78 is 53.1. The summed E-state index contributed by atoms with van der Waals surface area (Å²) >= 11 is 1.39. The Morgan fingerprint density at radius 2 is 1.76 bits per heavy atom. The van der Waals surface area contributed by atoms with Crippen molar-refractivity contribution >= 4 is 21.4 Å². The van der Waals surface area contributed by atoms with Gasteiger partial charge in [0.1, 0.15) is 21.5 Å². The predicted molar refractivity (Wildman–Crippen MR) is 92.8 cm³/mol. The van der Waals surface area contributed by atoms with Crippen LogP contribution in [0.15, 0.2) is 58.8 Å². The molecule has 0 fully saturated rings. The van der Waals surface area contributed by atoms with Gasteiger partial charge in [0.15, 0.2) is 0 Å². The van der Waals surface area contributed by atoms with Crippen LogP contribution in [0.25, 0.3) is 10.6 Å². The van der Waals surface area contributed by atoms with Crippen LogP contribution in [0.2, 0.25) is 0 Å². The van der Waals surface area contributed by atoms with Crippen molar-refractivity contribution < 1.29 is 17.2 Å². The van der Waals surface area contributed by atoms with Crippen molar-refractivity contribution in [1.82, 2.24) is 9.71 Å². The summed E-state index contributed by atoms with van der Waals surface area (Å²) in [4.78, 5) is 4.03. The summed E-state index contributed by atoms with van der Waals surface area (Å²) in [5.74, 6) is -1.11. The van der Waals surface area contributed by atoms with Crippen LogP contribution in [-0.2, 0) is 16.4 Å². The third kappa shape index (κ3) is 4.28. The molecular formula is C17H14F2N2O2S2. The third-order valence-corrected chi connectivity index (χ3v) is 5.88. The second-order valence-corrected chi connectivity index (χ2v) is 7.82. The van der Waals surface area contributed by atoms with Gasteiger partial charge in [0.25, 0.3) is 0 Å². The zero-order valence-corrected chi connectivity index (χ0v) is 14.6. The van der Waals surface area contributed by atoms with Gasteiger partial charge in [-0.1, -0.05) is 12.1 Å². The molecule has 0 unspecified atom stereocenters. The lowest BCUT2D eigenvalue weighted by Crippen LogP contribution is -2.26. The Bertz CT molecular complexity index is 970. The number of nitrogens with zero attached hydrogens (tertiary/aromatic N) is 1. The first-order valence-electron chi connectivity index (χ1n) is 7.40. The quantitative estimate of drug-likeness (QED) is 0.711. The second-order valence-electron chi connectivity index (χ2n) is 5.23. The van der Waals surface area contributed by atoms with Gasteiger partial charge in [-0.25, -0.2) is 26.9 Å². The highest BCUT2D eigenvalue weighted by atomic mass is 32.2. The Labute approximate surface area is 148 Å². The van der Waals surface area contributed by atoms with Crippen LogP contribution in [0.5, 0.6) is 0 Å². The number of rotatable bonds is 6. The van der Waals surface area contributed by atoms with Crippen LogP contribution in [0, 0.1) is 11.6 Å². The van der Waals surface area contributed by atoms with E-state index < -0.39 is 15.8 Å². The Hall–Kier alpha value is -2.16. The largest absolute Gasteiger partial charge is 0.243 e. The van der Waals surface area contributed by atoms with Gasteiger partial charge in [0.05, 0.1) is 5.69 Å². The van der Waals surface area contributed by atoms with Crippen molar-refractivity contribution in [2.75, 3.05) is 6.54 Å². The van der Waals surface area contributed by atoms with Crippen molar-refractivity contribution in [3.05, 3.63) is 71.2 Å². The Balaban J connectivity index is 1.63. The number of hydrogen-bond acceptors (Lipinski definition) is 4. The molecule has 3 rings (SSSR count). The van der Waals surface area contributed by atoms with E-state index in [1.54, 1.807) is 12.1 Å². The lowest BCUT2D eigenvalue weighted by Gasteiger charge is -2.06. The van der Waals surface area contributed by atoms with Crippen molar-refractivity contribution in [2.45, 2.75) is 11.3 Å². The molecule has 0 bridgehead atoms. The van der Waals surface area contributed by atoms with E-state index >= 15 is 0 Å². The van der Waals surface area contributed by atoms with E-state index in [0.717, 1.165) is 16.6 Å². The van der Waals surface area contributed by atoms with E-state index in [4.69, 9.17) is 0 Å². The highest BCUT2D eigenvalue weighted by Gasteiger charge is 2.17. The molecule has 0 atom stereocenters. The average molecular weight is 380 g/mol. The van der Waals surface area contributed by atoms with Gasteiger partial charge in [-0.2, -0.15) is 0 Å². The maximum Gasteiger partial charge on any atom is 0.243 e. The van der Waals surface area contributed by atoms with Crippen LogP contribution >= 0.6 is 11.3 Å². The molecule has 25 heavy (non-hydrogen) atoms. The fraction of sp³-hybridized carbons (Fsp3) is 0.118. The Kier molecular flexibility index (Phi) is 5.22. The minimum absolute atomic E-state index is 0.100. The van der Waals surface area contributed by atoms with Crippen molar-refractivity contribution in [3.63, 3.8) is 0 Å². The molecule has 4 nitrogen and oxygen atoms in total. The van der Waals surface area contributed by atoms with E-state index in [2.05, 4.69) is 9.71 Å².